The first-order chi connectivity index (χ1) is 19.3. The van der Waals surface area contributed by atoms with E-state index in [2.05, 4.69) is 46.9 Å². The quantitative estimate of drug-likeness (QED) is 0.219. The van der Waals surface area contributed by atoms with Gasteiger partial charge in [0.25, 0.3) is 5.91 Å². The van der Waals surface area contributed by atoms with Crippen molar-refractivity contribution in [3.8, 4) is 27.9 Å². The van der Waals surface area contributed by atoms with Gasteiger partial charge in [0.15, 0.2) is 0 Å². The zero-order valence-electron chi connectivity index (χ0n) is 22.4. The molecule has 0 atom stereocenters. The van der Waals surface area contributed by atoms with Crippen LogP contribution in [0.4, 0.5) is 16.3 Å². The number of carbonyl (C=O) groups excluding carboxylic acids is 2. The topological polar surface area (TPSA) is 117 Å². The molecule has 9 nitrogen and oxygen atoms in total. The first-order valence-corrected chi connectivity index (χ1v) is 13.0. The van der Waals surface area contributed by atoms with Gasteiger partial charge in [-0.2, -0.15) is 10.2 Å². The van der Waals surface area contributed by atoms with Gasteiger partial charge in [0.05, 0.1) is 17.6 Å². The number of benzene rings is 3. The summed E-state index contributed by atoms with van der Waals surface area (Å²) in [6.45, 7) is 6.77. The predicted octanol–water partition coefficient (Wildman–Crippen LogP) is 6.11. The summed E-state index contributed by atoms with van der Waals surface area (Å²) < 4.78 is 1.75. The molecule has 6 rings (SSSR count). The van der Waals surface area contributed by atoms with Crippen LogP contribution < -0.4 is 16.0 Å². The number of fused-ring (bicyclic) bond motifs is 1. The Kier molecular flexibility index (Phi) is 6.18. The lowest BCUT2D eigenvalue weighted by Gasteiger charge is -2.14. The molecular formula is C31H29N7O2. The summed E-state index contributed by atoms with van der Waals surface area (Å²) in [5.41, 5.74) is 7.73. The number of H-pyrrole nitrogens is 1. The first-order valence-electron chi connectivity index (χ1n) is 13.0. The van der Waals surface area contributed by atoms with E-state index in [1.165, 1.54) is 0 Å². The maximum atomic E-state index is 13.1. The van der Waals surface area contributed by atoms with Crippen LogP contribution in [0.3, 0.4) is 0 Å². The fourth-order valence-corrected chi connectivity index (χ4v) is 4.80. The molecule has 1 aliphatic heterocycles. The van der Waals surface area contributed by atoms with Gasteiger partial charge in [0, 0.05) is 41.0 Å². The second-order valence-electron chi connectivity index (χ2n) is 10.8. The van der Waals surface area contributed by atoms with Crippen molar-refractivity contribution >= 4 is 23.4 Å². The molecule has 0 spiro atoms. The summed E-state index contributed by atoms with van der Waals surface area (Å²) in [6.07, 6.45) is 3.60. The third kappa shape index (κ3) is 4.84. The number of amides is 3. The Morgan fingerprint density at radius 2 is 1.68 bits per heavy atom. The molecule has 2 aromatic heterocycles. The highest BCUT2D eigenvalue weighted by molar-refractivity contribution is 6.01. The third-order valence-corrected chi connectivity index (χ3v) is 6.94. The van der Waals surface area contributed by atoms with Crippen LogP contribution in [-0.4, -0.2) is 31.9 Å². The van der Waals surface area contributed by atoms with Crippen molar-refractivity contribution in [1.82, 2.24) is 25.3 Å². The van der Waals surface area contributed by atoms with E-state index < -0.39 is 0 Å². The Morgan fingerprint density at radius 3 is 2.42 bits per heavy atom. The molecule has 40 heavy (non-hydrogen) atoms. The number of carbonyl (C=O) groups is 2. The summed E-state index contributed by atoms with van der Waals surface area (Å²) in [4.78, 5) is 25.1. The number of aromatic nitrogens is 4. The molecule has 1 aliphatic rings. The van der Waals surface area contributed by atoms with Crippen LogP contribution in [0.2, 0.25) is 0 Å². The molecule has 0 unspecified atom stereocenters. The molecule has 3 heterocycles. The number of hydrogen-bond donors (Lipinski definition) is 4. The van der Waals surface area contributed by atoms with Gasteiger partial charge in [-0.1, -0.05) is 57.2 Å². The van der Waals surface area contributed by atoms with E-state index in [0.29, 0.717) is 23.6 Å². The Morgan fingerprint density at radius 1 is 0.900 bits per heavy atom. The lowest BCUT2D eigenvalue weighted by Crippen LogP contribution is -2.21. The van der Waals surface area contributed by atoms with Crippen LogP contribution in [0, 0.1) is 0 Å². The monoisotopic (exact) mass is 531 g/mol. The normalized spacial score (nSPS) is 12.6. The van der Waals surface area contributed by atoms with Crippen molar-refractivity contribution in [2.75, 3.05) is 10.6 Å². The van der Waals surface area contributed by atoms with Gasteiger partial charge >= 0.3 is 6.03 Å². The first kappa shape index (κ1) is 25.1. The molecule has 0 bridgehead atoms. The molecule has 5 aromatic rings. The summed E-state index contributed by atoms with van der Waals surface area (Å²) >= 11 is 0. The molecule has 3 amide bonds. The van der Waals surface area contributed by atoms with Crippen molar-refractivity contribution in [1.29, 1.82) is 0 Å². The standard InChI is InChI=1S/C31H29N7O2/c1-31(2,3)27-15-28(38(37-27)23-7-4-6-20(14-23)21-16-33-34-17-21)36-30(40)35-22-12-10-19(11-13-22)24-8-5-9-25-26(24)18-32-29(25)39/h4-17H,18H2,1-3H3,(H,32,39)(H,33,34)(H2,35,36,40). The van der Waals surface area contributed by atoms with E-state index in [4.69, 9.17) is 5.10 Å². The van der Waals surface area contributed by atoms with Crippen LogP contribution in [0.25, 0.3) is 27.9 Å². The molecule has 9 heteroatoms. The van der Waals surface area contributed by atoms with E-state index in [-0.39, 0.29) is 17.4 Å². The van der Waals surface area contributed by atoms with E-state index in [9.17, 15) is 9.59 Å². The van der Waals surface area contributed by atoms with E-state index in [0.717, 1.165) is 39.2 Å². The highest BCUT2D eigenvalue weighted by atomic mass is 16.2. The van der Waals surface area contributed by atoms with E-state index in [1.54, 1.807) is 10.9 Å². The van der Waals surface area contributed by atoms with Gasteiger partial charge in [-0.3, -0.25) is 15.2 Å². The highest BCUT2D eigenvalue weighted by Crippen LogP contribution is 2.31. The van der Waals surface area contributed by atoms with Gasteiger partial charge in [0.2, 0.25) is 0 Å². The second-order valence-corrected chi connectivity index (χ2v) is 10.8. The minimum Gasteiger partial charge on any atom is -0.348 e. The zero-order chi connectivity index (χ0) is 27.9. The Balaban J connectivity index is 1.23. The predicted molar refractivity (Wildman–Crippen MR) is 156 cm³/mol. The molecule has 200 valence electrons. The van der Waals surface area contributed by atoms with Crippen LogP contribution in [0.5, 0.6) is 0 Å². The minimum absolute atomic E-state index is 0.0473. The minimum atomic E-state index is -0.379. The summed E-state index contributed by atoms with van der Waals surface area (Å²) in [5, 5.41) is 20.5. The Bertz CT molecular complexity index is 1710. The van der Waals surface area contributed by atoms with Gasteiger partial charge in [-0.15, -0.1) is 0 Å². The number of rotatable bonds is 5. The number of urea groups is 1. The Hall–Kier alpha value is -5.18. The lowest BCUT2D eigenvalue weighted by atomic mass is 9.92. The highest BCUT2D eigenvalue weighted by Gasteiger charge is 2.23. The van der Waals surface area contributed by atoms with Crippen LogP contribution in [-0.2, 0) is 12.0 Å². The molecule has 0 radical (unpaired) electrons. The number of nitrogens with one attached hydrogen (secondary N) is 4. The van der Waals surface area contributed by atoms with Crippen molar-refractivity contribution in [2.45, 2.75) is 32.7 Å². The number of nitrogens with zero attached hydrogens (tertiary/aromatic N) is 3. The van der Waals surface area contributed by atoms with Crippen molar-refractivity contribution < 1.29 is 9.59 Å². The van der Waals surface area contributed by atoms with Crippen LogP contribution >= 0.6 is 0 Å². The summed E-state index contributed by atoms with van der Waals surface area (Å²) in [6, 6.07) is 22.8. The molecule has 0 saturated carbocycles. The van der Waals surface area contributed by atoms with E-state index >= 15 is 0 Å². The molecule has 0 saturated heterocycles. The van der Waals surface area contributed by atoms with Gasteiger partial charge in [0.1, 0.15) is 5.82 Å². The molecule has 0 fully saturated rings. The third-order valence-electron chi connectivity index (χ3n) is 6.94. The van der Waals surface area contributed by atoms with Gasteiger partial charge in [-0.25, -0.2) is 9.48 Å². The van der Waals surface area contributed by atoms with Crippen molar-refractivity contribution in [2.24, 2.45) is 0 Å². The SMILES string of the molecule is CC(C)(C)c1cc(NC(=O)Nc2ccc(-c3cccc4c3CNC4=O)cc2)n(-c2cccc(-c3cn[nH]c3)c2)n1. The fourth-order valence-electron chi connectivity index (χ4n) is 4.80. The summed E-state index contributed by atoms with van der Waals surface area (Å²) in [7, 11) is 0. The molecule has 4 N–H and O–H groups in total. The average molecular weight is 532 g/mol. The van der Waals surface area contributed by atoms with Gasteiger partial charge in [-0.05, 0) is 52.6 Å². The number of hydrogen-bond acceptors (Lipinski definition) is 4. The average Bonchev–Trinajstić information content (AvgIpc) is 3.70. The van der Waals surface area contributed by atoms with E-state index in [1.807, 2.05) is 79.0 Å². The van der Waals surface area contributed by atoms with Crippen LogP contribution in [0.15, 0.2) is 85.2 Å². The Labute approximate surface area is 231 Å². The largest absolute Gasteiger partial charge is 0.348 e. The molecule has 3 aromatic carbocycles. The maximum Gasteiger partial charge on any atom is 0.324 e. The fraction of sp³-hybridized carbons (Fsp3) is 0.161. The second kappa shape index (κ2) is 9.85. The van der Waals surface area contributed by atoms with Crippen molar-refractivity contribution in [3.05, 3.63) is 102 Å². The maximum absolute atomic E-state index is 13.1. The molecular weight excluding hydrogens is 502 g/mol. The molecule has 0 aliphatic carbocycles. The summed E-state index contributed by atoms with van der Waals surface area (Å²) in [5.74, 6) is 0.509. The number of anilines is 2. The van der Waals surface area contributed by atoms with Gasteiger partial charge < -0.3 is 10.6 Å². The lowest BCUT2D eigenvalue weighted by molar-refractivity contribution is 0.0965. The van der Waals surface area contributed by atoms with Crippen LogP contribution in [0.1, 0.15) is 42.4 Å². The number of aromatic amines is 1. The van der Waals surface area contributed by atoms with Crippen molar-refractivity contribution in [3.63, 3.8) is 0 Å². The zero-order valence-corrected chi connectivity index (χ0v) is 22.4. The smallest absolute Gasteiger partial charge is 0.324 e.